The highest BCUT2D eigenvalue weighted by Crippen LogP contribution is 2.29. The van der Waals surface area contributed by atoms with Gasteiger partial charge in [-0.05, 0) is 43.4 Å². The van der Waals surface area contributed by atoms with Crippen molar-refractivity contribution in [3.05, 3.63) is 35.6 Å². The van der Waals surface area contributed by atoms with E-state index in [0.29, 0.717) is 32.5 Å². The first-order valence-electron chi connectivity index (χ1n) is 9.84. The Kier molecular flexibility index (Phi) is 6.52. The summed E-state index contributed by atoms with van der Waals surface area (Å²) in [6.07, 6.45) is 7.84. The van der Waals surface area contributed by atoms with Crippen LogP contribution in [0.5, 0.6) is 0 Å². The third-order valence-corrected chi connectivity index (χ3v) is 7.14. The van der Waals surface area contributed by atoms with Gasteiger partial charge < -0.3 is 4.90 Å². The molecule has 1 amide bonds. The third-order valence-electron chi connectivity index (χ3n) is 5.84. The van der Waals surface area contributed by atoms with Crippen molar-refractivity contribution in [3.8, 4) is 0 Å². The van der Waals surface area contributed by atoms with Crippen molar-refractivity contribution >= 4 is 15.9 Å². The molecule has 0 bridgehead atoms. The second-order valence-electron chi connectivity index (χ2n) is 7.82. The Morgan fingerprint density at radius 2 is 1.67 bits per heavy atom. The first-order valence-corrected chi connectivity index (χ1v) is 11.7. The molecule has 0 spiro atoms. The lowest BCUT2D eigenvalue weighted by Crippen LogP contribution is -2.47. The molecule has 0 radical (unpaired) electrons. The number of sulfonamides is 1. The molecule has 1 saturated carbocycles. The minimum Gasteiger partial charge on any atom is -0.335 e. The lowest BCUT2D eigenvalue weighted by atomic mass is 9.90. The Labute approximate surface area is 161 Å². The van der Waals surface area contributed by atoms with Gasteiger partial charge in [-0.2, -0.15) is 0 Å². The van der Waals surface area contributed by atoms with Gasteiger partial charge >= 0.3 is 0 Å². The first kappa shape index (κ1) is 20.3. The second-order valence-corrected chi connectivity index (χ2v) is 9.80. The molecule has 1 heterocycles. The van der Waals surface area contributed by atoms with E-state index in [2.05, 4.69) is 0 Å². The fourth-order valence-corrected chi connectivity index (χ4v) is 5.11. The van der Waals surface area contributed by atoms with Crippen LogP contribution in [-0.2, 0) is 21.4 Å². The van der Waals surface area contributed by atoms with Crippen molar-refractivity contribution in [2.45, 2.75) is 57.5 Å². The van der Waals surface area contributed by atoms with Gasteiger partial charge in [0.05, 0.1) is 6.26 Å². The molecule has 1 aromatic carbocycles. The summed E-state index contributed by atoms with van der Waals surface area (Å²) < 4.78 is 38.1. The van der Waals surface area contributed by atoms with Crippen LogP contribution in [0.15, 0.2) is 24.3 Å². The van der Waals surface area contributed by atoms with Gasteiger partial charge in [-0.1, -0.05) is 31.4 Å². The highest BCUT2D eigenvalue weighted by Gasteiger charge is 2.34. The van der Waals surface area contributed by atoms with Gasteiger partial charge in [0.2, 0.25) is 15.9 Å². The summed E-state index contributed by atoms with van der Waals surface area (Å²) in [5.41, 5.74) is 0.934. The number of hydrogen-bond donors (Lipinski definition) is 0. The third kappa shape index (κ3) is 5.29. The molecule has 1 aliphatic heterocycles. The van der Waals surface area contributed by atoms with Crippen LogP contribution in [-0.4, -0.2) is 48.9 Å². The van der Waals surface area contributed by atoms with Crippen LogP contribution in [0.25, 0.3) is 0 Å². The molecule has 0 aromatic heterocycles. The topological polar surface area (TPSA) is 57.7 Å². The Bertz CT molecular complexity index is 737. The summed E-state index contributed by atoms with van der Waals surface area (Å²) >= 11 is 0. The minimum atomic E-state index is -3.20. The van der Waals surface area contributed by atoms with E-state index in [1.807, 2.05) is 4.90 Å². The summed E-state index contributed by atoms with van der Waals surface area (Å²) in [7, 11) is -3.20. The second kappa shape index (κ2) is 8.69. The summed E-state index contributed by atoms with van der Waals surface area (Å²) in [5, 5.41) is 0. The molecular formula is C20H29FN2O3S. The molecule has 5 nitrogen and oxygen atoms in total. The summed E-state index contributed by atoms with van der Waals surface area (Å²) in [6.45, 7) is 1.31. The van der Waals surface area contributed by atoms with Crippen molar-refractivity contribution in [3.63, 3.8) is 0 Å². The number of hydrogen-bond acceptors (Lipinski definition) is 3. The average molecular weight is 397 g/mol. The summed E-state index contributed by atoms with van der Waals surface area (Å²) in [4.78, 5) is 15.3. The molecule has 3 rings (SSSR count). The molecule has 150 valence electrons. The number of nitrogens with zero attached hydrogens (tertiary/aromatic N) is 2. The molecule has 7 heteroatoms. The van der Waals surface area contributed by atoms with Crippen LogP contribution in [0.3, 0.4) is 0 Å². The van der Waals surface area contributed by atoms with E-state index in [4.69, 9.17) is 0 Å². The van der Waals surface area contributed by atoms with Crippen LogP contribution in [0.4, 0.5) is 4.39 Å². The van der Waals surface area contributed by atoms with E-state index < -0.39 is 10.0 Å². The predicted molar refractivity (Wildman–Crippen MR) is 103 cm³/mol. The number of carbonyl (C=O) groups is 1. The normalized spacial score (nSPS) is 20.5. The maximum Gasteiger partial charge on any atom is 0.226 e. The quantitative estimate of drug-likeness (QED) is 0.768. The van der Waals surface area contributed by atoms with Gasteiger partial charge in [-0.15, -0.1) is 0 Å². The van der Waals surface area contributed by atoms with E-state index in [9.17, 15) is 17.6 Å². The first-order chi connectivity index (χ1) is 12.8. The number of amides is 1. The zero-order chi connectivity index (χ0) is 19.4. The van der Waals surface area contributed by atoms with Gasteiger partial charge in [0, 0.05) is 31.6 Å². The van der Waals surface area contributed by atoms with E-state index in [-0.39, 0.29) is 23.7 Å². The zero-order valence-corrected chi connectivity index (χ0v) is 16.8. The van der Waals surface area contributed by atoms with Crippen LogP contribution < -0.4 is 0 Å². The van der Waals surface area contributed by atoms with Gasteiger partial charge in [0.15, 0.2) is 0 Å². The average Bonchev–Trinajstić information content (AvgIpc) is 2.67. The van der Waals surface area contributed by atoms with E-state index in [0.717, 1.165) is 31.2 Å². The van der Waals surface area contributed by atoms with Crippen molar-refractivity contribution in [1.29, 1.82) is 0 Å². The fraction of sp³-hybridized carbons (Fsp3) is 0.650. The summed E-state index contributed by atoms with van der Waals surface area (Å²) in [6, 6.07) is 6.58. The number of rotatable bonds is 5. The zero-order valence-electron chi connectivity index (χ0n) is 15.9. The Balaban J connectivity index is 1.71. The van der Waals surface area contributed by atoms with E-state index in [1.54, 1.807) is 12.1 Å². The van der Waals surface area contributed by atoms with Crippen molar-refractivity contribution in [2.75, 3.05) is 19.3 Å². The molecule has 2 fully saturated rings. The van der Waals surface area contributed by atoms with Crippen molar-refractivity contribution in [1.82, 2.24) is 9.21 Å². The van der Waals surface area contributed by atoms with E-state index >= 15 is 0 Å². The summed E-state index contributed by atoms with van der Waals surface area (Å²) in [5.74, 6) is -0.285. The maximum absolute atomic E-state index is 13.3. The molecule has 1 aliphatic carbocycles. The molecule has 1 aromatic rings. The molecule has 0 N–H and O–H groups in total. The fourth-order valence-electron chi connectivity index (χ4n) is 4.24. The number of halogens is 1. The maximum atomic E-state index is 13.3. The van der Waals surface area contributed by atoms with Gasteiger partial charge in [0.1, 0.15) is 5.82 Å². The van der Waals surface area contributed by atoms with Crippen LogP contribution in [0.2, 0.25) is 0 Å². The molecular weight excluding hydrogens is 367 g/mol. The predicted octanol–water partition coefficient (Wildman–Crippen LogP) is 3.16. The highest BCUT2D eigenvalue weighted by atomic mass is 32.2. The van der Waals surface area contributed by atoms with Crippen LogP contribution >= 0.6 is 0 Å². The molecule has 1 saturated heterocycles. The smallest absolute Gasteiger partial charge is 0.226 e. The lowest BCUT2D eigenvalue weighted by Gasteiger charge is -2.38. The van der Waals surface area contributed by atoms with Gasteiger partial charge in [-0.3, -0.25) is 4.79 Å². The number of piperidine rings is 1. The van der Waals surface area contributed by atoms with E-state index in [1.165, 1.54) is 29.1 Å². The van der Waals surface area contributed by atoms with Crippen LogP contribution in [0, 0.1) is 11.7 Å². The highest BCUT2D eigenvalue weighted by molar-refractivity contribution is 7.88. The molecule has 0 unspecified atom stereocenters. The standard InChI is InChI=1S/C20H29FN2O3S/c1-27(25,26)22-13-11-17(12-14-22)20(24)23(19-5-3-2-4-6-19)15-16-7-9-18(21)10-8-16/h7-10,17,19H,2-6,11-15H2,1H3. The van der Waals surface area contributed by atoms with Gasteiger partial charge in [0.25, 0.3) is 0 Å². The molecule has 0 atom stereocenters. The number of benzene rings is 1. The van der Waals surface area contributed by atoms with Gasteiger partial charge in [-0.25, -0.2) is 17.1 Å². The van der Waals surface area contributed by atoms with Crippen LogP contribution in [0.1, 0.15) is 50.5 Å². The Morgan fingerprint density at radius 1 is 1.07 bits per heavy atom. The van der Waals surface area contributed by atoms with Crippen molar-refractivity contribution < 1.29 is 17.6 Å². The minimum absolute atomic E-state index is 0.124. The Morgan fingerprint density at radius 3 is 2.22 bits per heavy atom. The largest absolute Gasteiger partial charge is 0.335 e. The molecule has 2 aliphatic rings. The SMILES string of the molecule is CS(=O)(=O)N1CCC(C(=O)N(Cc2ccc(F)cc2)C2CCCCC2)CC1. The Hall–Kier alpha value is -1.47. The van der Waals surface area contributed by atoms with Crippen molar-refractivity contribution in [2.24, 2.45) is 5.92 Å². The molecule has 27 heavy (non-hydrogen) atoms. The number of carbonyl (C=O) groups excluding carboxylic acids is 1. The monoisotopic (exact) mass is 396 g/mol. The lowest BCUT2D eigenvalue weighted by molar-refractivity contribution is -0.140.